The molecule has 0 rings (SSSR count). The van der Waals surface area contributed by atoms with Crippen molar-refractivity contribution in [3.05, 3.63) is 0 Å². The maximum atomic E-state index is 0. The predicted octanol–water partition coefficient (Wildman–Crippen LogP) is -2.53. The molecule has 0 aromatic heterocycles. The van der Waals surface area contributed by atoms with E-state index in [2.05, 4.69) is 0 Å². The molecule has 0 spiro atoms. The maximum absolute atomic E-state index is 0. The van der Waals surface area contributed by atoms with Gasteiger partial charge in [0.1, 0.15) is 0 Å². The molecule has 0 N–H and O–H groups in total. The molecule has 5 heavy (non-hydrogen) atoms. The molecule has 0 aromatic carbocycles. The van der Waals surface area contributed by atoms with Crippen LogP contribution in [0.3, 0.4) is 0 Å². The first-order chi connectivity index (χ1) is 0. The summed E-state index contributed by atoms with van der Waals surface area (Å²) >= 11 is 0. The Labute approximate surface area is 93.1 Å². The van der Waals surface area contributed by atoms with Crippen molar-refractivity contribution in [3.8, 4) is 0 Å². The van der Waals surface area contributed by atoms with Gasteiger partial charge in [0.2, 0.25) is 0 Å². The van der Waals surface area contributed by atoms with E-state index >= 15 is 0 Å². The zero-order valence-electron chi connectivity index (χ0n) is 4.03. The number of hydrogen-bond acceptors (Lipinski definition) is 0. The summed E-state index contributed by atoms with van der Waals surface area (Å²) in [6, 6.07) is 0. The van der Waals surface area contributed by atoms with E-state index in [0.717, 1.165) is 0 Å². The van der Waals surface area contributed by atoms with Crippen LogP contribution in [-0.2, 0) is 33.6 Å². The molecule has 0 fully saturated rings. The van der Waals surface area contributed by atoms with E-state index in [0.29, 0.717) is 0 Å². The SMILES string of the molecule is [Cu].[H-].[H-].[Mg+2].[Ni].[SiH4].[SnH2]. The van der Waals surface area contributed by atoms with Crippen LogP contribution in [0.25, 0.3) is 0 Å². The van der Waals surface area contributed by atoms with Crippen LogP contribution in [0.4, 0.5) is 0 Å². The zero-order chi connectivity index (χ0) is 0. The molecule has 0 aliphatic carbocycles. The Balaban J connectivity index is 0. The van der Waals surface area contributed by atoms with Crippen molar-refractivity contribution in [2.75, 3.05) is 0 Å². The Morgan fingerprint density at radius 2 is 1.20 bits per heavy atom. The minimum absolute atomic E-state index is 0. The van der Waals surface area contributed by atoms with Crippen LogP contribution in [0.1, 0.15) is 2.85 Å². The second-order valence-electron chi connectivity index (χ2n) is 0. The van der Waals surface area contributed by atoms with Gasteiger partial charge in [0, 0.05) is 33.6 Å². The summed E-state index contributed by atoms with van der Waals surface area (Å²) in [6.45, 7) is 0. The van der Waals surface area contributed by atoms with Crippen molar-refractivity contribution in [2.45, 2.75) is 0 Å². The molecule has 0 bridgehead atoms. The van der Waals surface area contributed by atoms with Gasteiger partial charge < -0.3 is 2.85 Å². The van der Waals surface area contributed by atoms with Crippen LogP contribution in [0, 0.1) is 0 Å². The molecule has 0 atom stereocenters. The second kappa shape index (κ2) is 29.2. The molecular weight excluding hydrogens is 293 g/mol. The first-order valence-electron chi connectivity index (χ1n) is 0. The first kappa shape index (κ1) is 46.1. The second-order valence-corrected chi connectivity index (χ2v) is 0. The van der Waals surface area contributed by atoms with E-state index < -0.39 is 0 Å². The van der Waals surface area contributed by atoms with E-state index in [4.69, 9.17) is 0 Å². The van der Waals surface area contributed by atoms with E-state index in [9.17, 15) is 0 Å². The quantitative estimate of drug-likeness (QED) is 0.433. The van der Waals surface area contributed by atoms with E-state index in [1.54, 1.807) is 0 Å². The van der Waals surface area contributed by atoms with Gasteiger partial charge in [0.25, 0.3) is 0 Å². The Morgan fingerprint density at radius 1 is 1.20 bits per heavy atom. The molecule has 0 heterocycles. The van der Waals surface area contributed by atoms with Gasteiger partial charge in [0.15, 0.2) is 0 Å². The molecule has 0 aliphatic rings. The molecule has 3 radical (unpaired) electrons. The van der Waals surface area contributed by atoms with Gasteiger partial charge in [-0.2, -0.15) is 0 Å². The standard InChI is InChI=1S/Cu.Mg.Ni.H4Si.Sn.4H/h;;;1H4;;;;;/q;+2;;;;;;2*-1. The fraction of sp³-hybridized carbons (Fsp3) is 0. The van der Waals surface area contributed by atoms with Crippen LogP contribution in [0.15, 0.2) is 0 Å². The summed E-state index contributed by atoms with van der Waals surface area (Å²) in [7, 11) is 0. The number of hydrogen-bond donors (Lipinski definition) is 0. The molecule has 39 valence electrons. The molecule has 0 saturated heterocycles. The molecule has 0 aliphatic heterocycles. The Hall–Kier alpha value is 2.79. The fourth-order valence-electron chi connectivity index (χ4n) is 0. The van der Waals surface area contributed by atoms with Crippen molar-refractivity contribution in [3.63, 3.8) is 0 Å². The Bertz CT molecular complexity index is 17.7. The van der Waals surface area contributed by atoms with Gasteiger partial charge in [-0.3, -0.25) is 0 Å². The van der Waals surface area contributed by atoms with Crippen LogP contribution >= 0.6 is 0 Å². The number of rotatable bonds is 0. The van der Waals surface area contributed by atoms with Gasteiger partial charge in [0.05, 0.1) is 0 Å². The third-order valence-corrected chi connectivity index (χ3v) is 0. The van der Waals surface area contributed by atoms with Crippen LogP contribution in [0.5, 0.6) is 0 Å². The molecule has 0 amide bonds. The van der Waals surface area contributed by atoms with Crippen LogP contribution in [0.2, 0.25) is 0 Å². The minimum atomic E-state index is 0. The van der Waals surface area contributed by atoms with Crippen molar-refractivity contribution >= 4 is 57.9 Å². The summed E-state index contributed by atoms with van der Waals surface area (Å²) in [6.07, 6.45) is 0. The summed E-state index contributed by atoms with van der Waals surface area (Å²) in [5.41, 5.74) is 0. The van der Waals surface area contributed by atoms with E-state index in [1.807, 2.05) is 0 Å². The van der Waals surface area contributed by atoms with E-state index in [1.165, 1.54) is 0 Å². The van der Waals surface area contributed by atoms with Crippen LogP contribution < -0.4 is 0 Å². The Kier molecular flexibility index (Phi) is 269. The fourth-order valence-corrected chi connectivity index (χ4v) is 0. The summed E-state index contributed by atoms with van der Waals surface area (Å²) in [5, 5.41) is 0. The third kappa shape index (κ3) is 20.0. The van der Waals surface area contributed by atoms with Gasteiger partial charge in [-0.05, 0) is 11.0 Å². The molecule has 5 heteroatoms. The average Bonchev–Trinajstić information content (AvgIpc) is 0. The van der Waals surface area contributed by atoms with Gasteiger partial charge >= 0.3 is 47.0 Å². The monoisotopic (exact) mass is 301 g/mol. The molecule has 0 unspecified atom stereocenters. The van der Waals surface area contributed by atoms with Crippen molar-refractivity contribution in [1.29, 1.82) is 0 Å². The third-order valence-electron chi connectivity index (χ3n) is 0. The van der Waals surface area contributed by atoms with Crippen molar-refractivity contribution < 1.29 is 36.4 Å². The average molecular weight is 301 g/mol. The first-order valence-corrected chi connectivity index (χ1v) is 0. The molecule has 0 aromatic rings. The summed E-state index contributed by atoms with van der Waals surface area (Å²) in [4.78, 5) is 0. The summed E-state index contributed by atoms with van der Waals surface area (Å²) in [5.74, 6) is 0. The van der Waals surface area contributed by atoms with Gasteiger partial charge in [-0.15, -0.1) is 0 Å². The zero-order valence-corrected chi connectivity index (χ0v) is 9.41. The predicted molar refractivity (Wildman–Crippen MR) is 27.9 cm³/mol. The van der Waals surface area contributed by atoms with Crippen molar-refractivity contribution in [1.82, 2.24) is 0 Å². The molecule has 0 nitrogen and oxygen atoms in total. The topological polar surface area (TPSA) is 0 Å². The molecule has 0 saturated carbocycles. The van der Waals surface area contributed by atoms with Crippen molar-refractivity contribution in [2.24, 2.45) is 0 Å². The Morgan fingerprint density at radius 3 is 1.20 bits per heavy atom. The summed E-state index contributed by atoms with van der Waals surface area (Å²) < 4.78 is 0. The van der Waals surface area contributed by atoms with Gasteiger partial charge in [-0.25, -0.2) is 0 Å². The molecular formula is H8CuMgNiSiSn. The van der Waals surface area contributed by atoms with Gasteiger partial charge in [-0.1, -0.05) is 0 Å². The van der Waals surface area contributed by atoms with Crippen LogP contribution in [-0.4, -0.2) is 57.9 Å². The normalized spacial score (nSPS) is 0. The van der Waals surface area contributed by atoms with E-state index in [-0.39, 0.29) is 94.3 Å².